The zero-order chi connectivity index (χ0) is 16.7. The Bertz CT molecular complexity index is 571. The lowest BCUT2D eigenvalue weighted by atomic mass is 9.72. The molecule has 2 aliphatic heterocycles. The van der Waals surface area contributed by atoms with Gasteiger partial charge in [-0.15, -0.1) is 0 Å². The number of aliphatic hydroxyl groups excluding tert-OH is 1. The molecule has 23 heavy (non-hydrogen) atoms. The molecule has 0 radical (unpaired) electrons. The summed E-state index contributed by atoms with van der Waals surface area (Å²) in [6.45, 7) is 5.35. The third-order valence-corrected chi connectivity index (χ3v) is 6.23. The number of hydrogen-bond donors (Lipinski definition) is 1. The summed E-state index contributed by atoms with van der Waals surface area (Å²) in [6.07, 6.45) is 5.93. The van der Waals surface area contributed by atoms with Crippen LogP contribution in [0.3, 0.4) is 0 Å². The van der Waals surface area contributed by atoms with Crippen LogP contribution < -0.4 is 0 Å². The van der Waals surface area contributed by atoms with E-state index in [0.29, 0.717) is 5.70 Å². The molecule has 0 aromatic rings. The lowest BCUT2D eigenvalue weighted by Gasteiger charge is -2.47. The summed E-state index contributed by atoms with van der Waals surface area (Å²) < 4.78 is 5.23. The minimum atomic E-state index is -0.691. The average Bonchev–Trinajstić information content (AvgIpc) is 2.82. The highest BCUT2D eigenvalue weighted by Gasteiger charge is 2.62. The van der Waals surface area contributed by atoms with Gasteiger partial charge < -0.3 is 14.7 Å². The number of carbonyl (C=O) groups is 2. The molecule has 5 atom stereocenters. The van der Waals surface area contributed by atoms with E-state index >= 15 is 0 Å². The summed E-state index contributed by atoms with van der Waals surface area (Å²) in [5.41, 5.74) is 1.49. The first-order valence-corrected chi connectivity index (χ1v) is 9.37. The Hall–Kier alpha value is -1.27. The lowest BCUT2D eigenvalue weighted by molar-refractivity contribution is -0.164. The van der Waals surface area contributed by atoms with Crippen LogP contribution in [0, 0.1) is 11.8 Å². The van der Waals surface area contributed by atoms with E-state index in [4.69, 9.17) is 4.74 Å². The molecule has 126 valence electrons. The molecule has 6 heteroatoms. The van der Waals surface area contributed by atoms with Crippen LogP contribution >= 0.6 is 11.8 Å². The third-order valence-electron chi connectivity index (χ3n) is 5.17. The molecule has 2 fully saturated rings. The SMILES string of the molecule is C=CCOC(=O)C1=C2[C@@H](SC)CCC[C@H]2[C@@H]2[C@@H](C(C)O)C(=O)N12. The molecule has 5 nitrogen and oxygen atoms in total. The van der Waals surface area contributed by atoms with Crippen LogP contribution in [0.1, 0.15) is 26.2 Å². The number of fused-ring (bicyclic) bond motifs is 3. The molecule has 3 aliphatic rings. The highest BCUT2D eigenvalue weighted by molar-refractivity contribution is 7.99. The maximum atomic E-state index is 12.5. The van der Waals surface area contributed by atoms with E-state index in [0.717, 1.165) is 24.8 Å². The van der Waals surface area contributed by atoms with Gasteiger partial charge in [-0.05, 0) is 31.6 Å². The second-order valence-electron chi connectivity index (χ2n) is 6.42. The summed E-state index contributed by atoms with van der Waals surface area (Å²) in [5, 5.41) is 10.2. The normalized spacial score (nSPS) is 33.7. The highest BCUT2D eigenvalue weighted by Crippen LogP contribution is 2.54. The maximum Gasteiger partial charge on any atom is 0.355 e. The van der Waals surface area contributed by atoms with Gasteiger partial charge in [0.05, 0.1) is 18.1 Å². The minimum absolute atomic E-state index is 0.0845. The molecule has 1 unspecified atom stereocenters. The zero-order valence-corrected chi connectivity index (χ0v) is 14.3. The Balaban J connectivity index is 1.99. The standard InChI is InChI=1S/C17H23NO4S/c1-4-8-22-17(21)15-13-10(6-5-7-11(13)23-3)14-12(9(2)19)16(20)18(14)15/h4,9-12,14,19H,1,5-8H2,2-3H3/t9?,10-,11+,12-,14-/m1/s1. The Morgan fingerprint density at radius 3 is 2.91 bits per heavy atom. The first-order chi connectivity index (χ1) is 11.0. The second kappa shape index (κ2) is 6.32. The monoisotopic (exact) mass is 337 g/mol. The zero-order valence-electron chi connectivity index (χ0n) is 13.5. The molecular weight excluding hydrogens is 314 g/mol. The fraction of sp³-hybridized carbons (Fsp3) is 0.647. The molecule has 2 heterocycles. The van der Waals surface area contributed by atoms with Crippen LogP contribution in [0.5, 0.6) is 0 Å². The van der Waals surface area contributed by atoms with Gasteiger partial charge in [-0.2, -0.15) is 11.8 Å². The Kier molecular flexibility index (Phi) is 4.56. The van der Waals surface area contributed by atoms with E-state index in [1.807, 2.05) is 6.26 Å². The number of carbonyl (C=O) groups excluding carboxylic acids is 2. The van der Waals surface area contributed by atoms with Gasteiger partial charge in [0.2, 0.25) is 5.91 Å². The topological polar surface area (TPSA) is 66.8 Å². The summed E-state index contributed by atoms with van der Waals surface area (Å²) in [4.78, 5) is 26.6. The number of β-lactam (4-membered cyclic amide) rings is 1. The van der Waals surface area contributed by atoms with E-state index in [2.05, 4.69) is 6.58 Å². The van der Waals surface area contributed by atoms with Crippen molar-refractivity contribution in [2.24, 2.45) is 11.8 Å². The minimum Gasteiger partial charge on any atom is -0.457 e. The number of ether oxygens (including phenoxy) is 1. The van der Waals surface area contributed by atoms with Gasteiger partial charge >= 0.3 is 5.97 Å². The van der Waals surface area contributed by atoms with Gasteiger partial charge in [0.1, 0.15) is 12.3 Å². The molecule has 1 N–H and O–H groups in total. The molecule has 1 aliphatic carbocycles. The van der Waals surface area contributed by atoms with Crippen molar-refractivity contribution in [3.8, 4) is 0 Å². The molecule has 0 aromatic carbocycles. The molecule has 0 spiro atoms. The Morgan fingerprint density at radius 1 is 1.57 bits per heavy atom. The fourth-order valence-corrected chi connectivity index (χ4v) is 5.21. The van der Waals surface area contributed by atoms with Gasteiger partial charge in [0.15, 0.2) is 0 Å². The summed E-state index contributed by atoms with van der Waals surface area (Å²) >= 11 is 1.72. The van der Waals surface area contributed by atoms with Gasteiger partial charge in [-0.25, -0.2) is 4.79 Å². The fourth-order valence-electron chi connectivity index (χ4n) is 4.27. The van der Waals surface area contributed by atoms with Crippen molar-refractivity contribution < 1.29 is 19.4 Å². The van der Waals surface area contributed by atoms with Crippen molar-refractivity contribution in [3.63, 3.8) is 0 Å². The van der Waals surface area contributed by atoms with Gasteiger partial charge in [0.25, 0.3) is 0 Å². The van der Waals surface area contributed by atoms with Gasteiger partial charge in [-0.3, -0.25) is 4.79 Å². The van der Waals surface area contributed by atoms with Crippen molar-refractivity contribution in [1.82, 2.24) is 4.90 Å². The first kappa shape index (κ1) is 16.6. The molecule has 3 rings (SSSR count). The molecule has 1 amide bonds. The number of nitrogens with zero attached hydrogens (tertiary/aromatic N) is 1. The number of esters is 1. The van der Waals surface area contributed by atoms with Crippen molar-refractivity contribution >= 4 is 23.6 Å². The number of aliphatic hydroxyl groups is 1. The molecule has 1 saturated heterocycles. The van der Waals surface area contributed by atoms with E-state index in [-0.39, 0.29) is 29.7 Å². The van der Waals surface area contributed by atoms with Crippen LogP contribution in [0.2, 0.25) is 0 Å². The maximum absolute atomic E-state index is 12.5. The van der Waals surface area contributed by atoms with Crippen LogP contribution in [0.25, 0.3) is 0 Å². The number of rotatable bonds is 5. The Labute approximate surface area is 140 Å². The van der Waals surface area contributed by atoms with Crippen molar-refractivity contribution in [1.29, 1.82) is 0 Å². The first-order valence-electron chi connectivity index (χ1n) is 8.08. The second-order valence-corrected chi connectivity index (χ2v) is 7.46. The van der Waals surface area contributed by atoms with Gasteiger partial charge in [-0.1, -0.05) is 19.1 Å². The largest absolute Gasteiger partial charge is 0.457 e. The quantitative estimate of drug-likeness (QED) is 0.470. The van der Waals surface area contributed by atoms with Gasteiger partial charge in [0, 0.05) is 11.2 Å². The molecule has 0 bridgehead atoms. The summed E-state index contributed by atoms with van der Waals surface area (Å²) in [5.74, 6) is -0.826. The highest BCUT2D eigenvalue weighted by atomic mass is 32.2. The molecular formula is C17H23NO4S. The summed E-state index contributed by atoms with van der Waals surface area (Å²) in [6, 6.07) is -0.0845. The predicted octanol–water partition coefficient (Wildman–Crippen LogP) is 1.72. The van der Waals surface area contributed by atoms with E-state index < -0.39 is 18.0 Å². The number of hydrogen-bond acceptors (Lipinski definition) is 5. The predicted molar refractivity (Wildman–Crippen MR) is 88.6 cm³/mol. The Morgan fingerprint density at radius 2 is 2.30 bits per heavy atom. The third kappa shape index (κ3) is 2.43. The van der Waals surface area contributed by atoms with E-state index in [1.54, 1.807) is 23.6 Å². The van der Waals surface area contributed by atoms with Crippen LogP contribution in [-0.4, -0.2) is 52.1 Å². The van der Waals surface area contributed by atoms with E-state index in [9.17, 15) is 14.7 Å². The number of amides is 1. The summed E-state index contributed by atoms with van der Waals surface area (Å²) in [7, 11) is 0. The van der Waals surface area contributed by atoms with Crippen LogP contribution in [-0.2, 0) is 14.3 Å². The average molecular weight is 337 g/mol. The molecule has 1 saturated carbocycles. The number of thioether (sulfide) groups is 1. The van der Waals surface area contributed by atoms with Crippen molar-refractivity contribution in [2.45, 2.75) is 43.6 Å². The molecule has 0 aromatic heterocycles. The van der Waals surface area contributed by atoms with E-state index in [1.165, 1.54) is 6.08 Å². The van der Waals surface area contributed by atoms with Crippen LogP contribution in [0.4, 0.5) is 0 Å². The van der Waals surface area contributed by atoms with Crippen LogP contribution in [0.15, 0.2) is 23.9 Å². The smallest absolute Gasteiger partial charge is 0.355 e. The lowest BCUT2D eigenvalue weighted by Crippen LogP contribution is -2.64. The van der Waals surface area contributed by atoms with Crippen molar-refractivity contribution in [2.75, 3.05) is 12.9 Å². The van der Waals surface area contributed by atoms with Crippen molar-refractivity contribution in [3.05, 3.63) is 23.9 Å².